The molecule has 1 aliphatic heterocycles. The Morgan fingerprint density at radius 2 is 1.96 bits per heavy atom. The zero-order valence-electron chi connectivity index (χ0n) is 12.8. The molecule has 1 unspecified atom stereocenters. The Balaban J connectivity index is 1.88. The van der Waals surface area contributed by atoms with Crippen molar-refractivity contribution in [3.05, 3.63) is 70.2 Å². The molecule has 0 spiro atoms. The Hall–Kier alpha value is -1.88. The van der Waals surface area contributed by atoms with Gasteiger partial charge in [0.25, 0.3) is 5.91 Å². The van der Waals surface area contributed by atoms with Crippen LogP contribution in [0.15, 0.2) is 48.5 Å². The van der Waals surface area contributed by atoms with Crippen LogP contribution in [0.2, 0.25) is 5.02 Å². The summed E-state index contributed by atoms with van der Waals surface area (Å²) < 4.78 is 0. The quantitative estimate of drug-likeness (QED) is 0.910. The van der Waals surface area contributed by atoms with Crippen LogP contribution >= 0.6 is 11.6 Å². The van der Waals surface area contributed by atoms with E-state index in [9.17, 15) is 4.79 Å². The van der Waals surface area contributed by atoms with Gasteiger partial charge in [0.1, 0.15) is 0 Å². The van der Waals surface area contributed by atoms with Crippen molar-refractivity contribution in [1.29, 1.82) is 0 Å². The van der Waals surface area contributed by atoms with Crippen molar-refractivity contribution in [2.45, 2.75) is 12.6 Å². The van der Waals surface area contributed by atoms with Gasteiger partial charge in [-0.15, -0.1) is 0 Å². The van der Waals surface area contributed by atoms with Crippen LogP contribution in [-0.4, -0.2) is 30.4 Å². The fraction of sp³-hybridized carbons (Fsp3) is 0.278. The Bertz CT molecular complexity index is 687. The predicted octanol–water partition coefficient (Wildman–Crippen LogP) is 2.59. The van der Waals surface area contributed by atoms with Crippen molar-refractivity contribution in [1.82, 2.24) is 10.2 Å². The molecule has 1 fully saturated rings. The van der Waals surface area contributed by atoms with E-state index in [1.54, 1.807) is 0 Å². The molecule has 3 N–H and O–H groups in total. The maximum atomic E-state index is 12.9. The summed E-state index contributed by atoms with van der Waals surface area (Å²) in [5, 5.41) is 4.04. The summed E-state index contributed by atoms with van der Waals surface area (Å²) in [6.45, 7) is 2.63. The van der Waals surface area contributed by atoms with Crippen LogP contribution in [0.3, 0.4) is 0 Å². The highest BCUT2D eigenvalue weighted by Crippen LogP contribution is 2.29. The number of carbonyl (C=O) groups is 1. The normalized spacial score (nSPS) is 18.0. The van der Waals surface area contributed by atoms with Crippen LogP contribution < -0.4 is 11.1 Å². The third-order valence-corrected chi connectivity index (χ3v) is 4.55. The van der Waals surface area contributed by atoms with Gasteiger partial charge in [-0.1, -0.05) is 41.9 Å². The van der Waals surface area contributed by atoms with Gasteiger partial charge in [0.15, 0.2) is 0 Å². The fourth-order valence-corrected chi connectivity index (χ4v) is 3.18. The Kier molecular flexibility index (Phi) is 4.96. The number of benzene rings is 2. The van der Waals surface area contributed by atoms with Crippen molar-refractivity contribution in [3.8, 4) is 0 Å². The third kappa shape index (κ3) is 3.39. The SMILES string of the molecule is NCc1ccc(C(=O)N2CCNCC2c2ccccc2Cl)cc1. The van der Waals surface area contributed by atoms with Crippen LogP contribution in [0.4, 0.5) is 0 Å². The molecule has 0 bridgehead atoms. The molecule has 1 amide bonds. The van der Waals surface area contributed by atoms with Gasteiger partial charge in [0.2, 0.25) is 0 Å². The first-order valence-corrected chi connectivity index (χ1v) is 8.13. The number of carbonyl (C=O) groups excluding carboxylic acids is 1. The molecule has 0 saturated carbocycles. The Morgan fingerprint density at radius 1 is 1.22 bits per heavy atom. The molecule has 120 valence electrons. The van der Waals surface area contributed by atoms with E-state index in [1.807, 2.05) is 53.4 Å². The van der Waals surface area contributed by atoms with Gasteiger partial charge >= 0.3 is 0 Å². The molecule has 1 saturated heterocycles. The number of nitrogens with two attached hydrogens (primary N) is 1. The van der Waals surface area contributed by atoms with E-state index in [4.69, 9.17) is 17.3 Å². The lowest BCUT2D eigenvalue weighted by molar-refractivity contribution is 0.0634. The fourth-order valence-electron chi connectivity index (χ4n) is 2.92. The molecule has 2 aromatic carbocycles. The lowest BCUT2D eigenvalue weighted by Gasteiger charge is -2.37. The monoisotopic (exact) mass is 329 g/mol. The molecule has 0 radical (unpaired) electrons. The number of hydrogen-bond donors (Lipinski definition) is 2. The van der Waals surface area contributed by atoms with Crippen LogP contribution in [0.5, 0.6) is 0 Å². The van der Waals surface area contributed by atoms with E-state index in [-0.39, 0.29) is 11.9 Å². The first-order valence-electron chi connectivity index (χ1n) is 7.76. The van der Waals surface area contributed by atoms with E-state index in [0.29, 0.717) is 30.2 Å². The zero-order chi connectivity index (χ0) is 16.2. The molecule has 4 nitrogen and oxygen atoms in total. The standard InChI is InChI=1S/C18H20ClN3O/c19-16-4-2-1-3-15(16)17-12-21-9-10-22(17)18(23)14-7-5-13(11-20)6-8-14/h1-8,17,21H,9-12,20H2. The topological polar surface area (TPSA) is 58.4 Å². The van der Waals surface area contributed by atoms with E-state index < -0.39 is 0 Å². The van der Waals surface area contributed by atoms with Crippen molar-refractivity contribution >= 4 is 17.5 Å². The van der Waals surface area contributed by atoms with Gasteiger partial charge in [-0.05, 0) is 29.3 Å². The van der Waals surface area contributed by atoms with Gasteiger partial charge in [-0.2, -0.15) is 0 Å². The highest BCUT2D eigenvalue weighted by molar-refractivity contribution is 6.31. The van der Waals surface area contributed by atoms with Crippen molar-refractivity contribution in [2.24, 2.45) is 5.73 Å². The van der Waals surface area contributed by atoms with Crippen LogP contribution in [-0.2, 0) is 6.54 Å². The molecule has 3 rings (SSSR count). The second kappa shape index (κ2) is 7.13. The van der Waals surface area contributed by atoms with Crippen LogP contribution in [0, 0.1) is 0 Å². The first-order chi connectivity index (χ1) is 11.2. The summed E-state index contributed by atoms with van der Waals surface area (Å²) in [6, 6.07) is 15.1. The van der Waals surface area contributed by atoms with E-state index in [1.165, 1.54) is 0 Å². The maximum absolute atomic E-state index is 12.9. The van der Waals surface area contributed by atoms with Crippen molar-refractivity contribution in [3.63, 3.8) is 0 Å². The molecular weight excluding hydrogens is 310 g/mol. The summed E-state index contributed by atoms with van der Waals surface area (Å²) in [5.74, 6) is 0.0278. The van der Waals surface area contributed by atoms with Gasteiger partial charge in [0.05, 0.1) is 6.04 Å². The van der Waals surface area contributed by atoms with E-state index in [2.05, 4.69) is 5.32 Å². The highest BCUT2D eigenvalue weighted by Gasteiger charge is 2.29. The maximum Gasteiger partial charge on any atom is 0.254 e. The largest absolute Gasteiger partial charge is 0.329 e. The lowest BCUT2D eigenvalue weighted by atomic mass is 10.0. The number of nitrogens with one attached hydrogen (secondary N) is 1. The van der Waals surface area contributed by atoms with Crippen molar-refractivity contribution in [2.75, 3.05) is 19.6 Å². The van der Waals surface area contributed by atoms with Crippen LogP contribution in [0.1, 0.15) is 27.5 Å². The first kappa shape index (κ1) is 16.0. The minimum absolute atomic E-state index is 0.0278. The molecular formula is C18H20ClN3O. The van der Waals surface area contributed by atoms with E-state index in [0.717, 1.165) is 17.7 Å². The predicted molar refractivity (Wildman–Crippen MR) is 92.4 cm³/mol. The van der Waals surface area contributed by atoms with Gasteiger partial charge < -0.3 is 16.0 Å². The van der Waals surface area contributed by atoms with Gasteiger partial charge in [0, 0.05) is 36.8 Å². The second-order valence-electron chi connectivity index (χ2n) is 5.64. The van der Waals surface area contributed by atoms with Crippen LogP contribution in [0.25, 0.3) is 0 Å². The average molecular weight is 330 g/mol. The number of piperazine rings is 1. The van der Waals surface area contributed by atoms with E-state index >= 15 is 0 Å². The summed E-state index contributed by atoms with van der Waals surface area (Å²) in [6.07, 6.45) is 0. The number of amides is 1. The number of nitrogens with zero attached hydrogens (tertiary/aromatic N) is 1. The molecule has 0 aliphatic carbocycles. The summed E-state index contributed by atoms with van der Waals surface area (Å²) in [5.41, 5.74) is 8.29. The molecule has 5 heteroatoms. The van der Waals surface area contributed by atoms with Gasteiger partial charge in [-0.3, -0.25) is 4.79 Å². The number of halogens is 1. The zero-order valence-corrected chi connectivity index (χ0v) is 13.6. The second-order valence-corrected chi connectivity index (χ2v) is 6.05. The third-order valence-electron chi connectivity index (χ3n) is 4.21. The minimum atomic E-state index is -0.0564. The van der Waals surface area contributed by atoms with Crippen molar-refractivity contribution < 1.29 is 4.79 Å². The highest BCUT2D eigenvalue weighted by atomic mass is 35.5. The molecule has 1 aliphatic rings. The lowest BCUT2D eigenvalue weighted by Crippen LogP contribution is -2.48. The molecule has 1 atom stereocenters. The molecule has 1 heterocycles. The molecule has 0 aromatic heterocycles. The summed E-state index contributed by atoms with van der Waals surface area (Å²) >= 11 is 6.33. The Morgan fingerprint density at radius 3 is 2.65 bits per heavy atom. The smallest absolute Gasteiger partial charge is 0.254 e. The summed E-state index contributed by atoms with van der Waals surface area (Å²) in [7, 11) is 0. The Labute approximate surface area is 141 Å². The number of rotatable bonds is 3. The molecule has 2 aromatic rings. The average Bonchev–Trinajstić information content (AvgIpc) is 2.62. The minimum Gasteiger partial charge on any atom is -0.329 e. The van der Waals surface area contributed by atoms with Gasteiger partial charge in [-0.25, -0.2) is 0 Å². The summed E-state index contributed by atoms with van der Waals surface area (Å²) in [4.78, 5) is 14.8. The number of hydrogen-bond acceptors (Lipinski definition) is 3. The molecule has 23 heavy (non-hydrogen) atoms.